The standard InChI is InChI=1S/C14H20FN/c15-13-7-3-2-6-12(13)10-14(11-16)8-4-1-5-9-14/h2-3,6-7H,1,4-5,8-11,16H2. The molecule has 0 spiro atoms. The molecule has 1 saturated carbocycles. The summed E-state index contributed by atoms with van der Waals surface area (Å²) >= 11 is 0. The van der Waals surface area contributed by atoms with Crippen LogP contribution < -0.4 is 5.73 Å². The smallest absolute Gasteiger partial charge is 0.126 e. The number of hydrogen-bond donors (Lipinski definition) is 1. The normalized spacial score (nSPS) is 19.6. The minimum Gasteiger partial charge on any atom is -0.330 e. The first kappa shape index (κ1) is 11.6. The number of nitrogens with two attached hydrogens (primary N) is 1. The van der Waals surface area contributed by atoms with Gasteiger partial charge in [-0.2, -0.15) is 0 Å². The van der Waals surface area contributed by atoms with Crippen LogP contribution >= 0.6 is 0 Å². The zero-order valence-corrected chi connectivity index (χ0v) is 9.71. The molecule has 2 N–H and O–H groups in total. The lowest BCUT2D eigenvalue weighted by Gasteiger charge is -2.36. The van der Waals surface area contributed by atoms with Crippen molar-refractivity contribution in [3.8, 4) is 0 Å². The number of rotatable bonds is 3. The zero-order valence-electron chi connectivity index (χ0n) is 9.71. The van der Waals surface area contributed by atoms with E-state index in [0.717, 1.165) is 24.8 Å². The van der Waals surface area contributed by atoms with E-state index in [1.807, 2.05) is 12.1 Å². The predicted molar refractivity (Wildman–Crippen MR) is 64.7 cm³/mol. The maximum atomic E-state index is 13.6. The van der Waals surface area contributed by atoms with E-state index in [-0.39, 0.29) is 11.2 Å². The molecule has 2 heteroatoms. The Kier molecular flexibility index (Phi) is 3.59. The topological polar surface area (TPSA) is 26.0 Å². The molecule has 0 heterocycles. The third-order valence-corrected chi connectivity index (χ3v) is 3.87. The summed E-state index contributed by atoms with van der Waals surface area (Å²) in [4.78, 5) is 0. The molecule has 0 saturated heterocycles. The Morgan fingerprint density at radius 1 is 1.12 bits per heavy atom. The van der Waals surface area contributed by atoms with E-state index in [2.05, 4.69) is 0 Å². The van der Waals surface area contributed by atoms with Crippen molar-refractivity contribution in [2.45, 2.75) is 38.5 Å². The van der Waals surface area contributed by atoms with Gasteiger partial charge >= 0.3 is 0 Å². The summed E-state index contributed by atoms with van der Waals surface area (Å²) in [5.41, 5.74) is 6.90. The highest BCUT2D eigenvalue weighted by Gasteiger charge is 2.31. The van der Waals surface area contributed by atoms with E-state index in [1.54, 1.807) is 12.1 Å². The lowest BCUT2D eigenvalue weighted by molar-refractivity contribution is 0.195. The van der Waals surface area contributed by atoms with Crippen LogP contribution in [0.5, 0.6) is 0 Å². The summed E-state index contributed by atoms with van der Waals surface area (Å²) in [7, 11) is 0. The molecular weight excluding hydrogens is 201 g/mol. The molecule has 0 amide bonds. The monoisotopic (exact) mass is 221 g/mol. The molecular formula is C14H20FN. The van der Waals surface area contributed by atoms with Crippen molar-refractivity contribution in [2.75, 3.05) is 6.54 Å². The van der Waals surface area contributed by atoms with E-state index in [0.29, 0.717) is 6.54 Å². The molecule has 0 atom stereocenters. The minimum absolute atomic E-state index is 0.0825. The molecule has 1 aromatic carbocycles. The van der Waals surface area contributed by atoms with Gasteiger partial charge in [0.05, 0.1) is 0 Å². The first-order chi connectivity index (χ1) is 7.76. The summed E-state index contributed by atoms with van der Waals surface area (Å²) in [5, 5.41) is 0. The van der Waals surface area contributed by atoms with Crippen molar-refractivity contribution < 1.29 is 4.39 Å². The summed E-state index contributed by atoms with van der Waals surface area (Å²) in [6.07, 6.45) is 6.89. The Morgan fingerprint density at radius 3 is 2.44 bits per heavy atom. The van der Waals surface area contributed by atoms with E-state index >= 15 is 0 Å². The van der Waals surface area contributed by atoms with Crippen molar-refractivity contribution in [1.82, 2.24) is 0 Å². The van der Waals surface area contributed by atoms with Crippen LogP contribution in [0, 0.1) is 11.2 Å². The van der Waals surface area contributed by atoms with Crippen LogP contribution in [0.3, 0.4) is 0 Å². The van der Waals surface area contributed by atoms with Gasteiger partial charge in [-0.1, -0.05) is 37.5 Å². The third-order valence-electron chi connectivity index (χ3n) is 3.87. The van der Waals surface area contributed by atoms with Gasteiger partial charge in [-0.25, -0.2) is 4.39 Å². The lowest BCUT2D eigenvalue weighted by atomic mass is 9.70. The lowest BCUT2D eigenvalue weighted by Crippen LogP contribution is -2.35. The first-order valence-corrected chi connectivity index (χ1v) is 6.19. The highest BCUT2D eigenvalue weighted by Crippen LogP contribution is 2.38. The van der Waals surface area contributed by atoms with Crippen LogP contribution in [0.2, 0.25) is 0 Å². The fourth-order valence-corrected chi connectivity index (χ4v) is 2.80. The molecule has 1 nitrogen and oxygen atoms in total. The predicted octanol–water partition coefficient (Wildman–Crippen LogP) is 3.28. The Bertz CT molecular complexity index is 342. The average Bonchev–Trinajstić information content (AvgIpc) is 2.33. The summed E-state index contributed by atoms with van der Waals surface area (Å²) in [6, 6.07) is 7.09. The summed E-state index contributed by atoms with van der Waals surface area (Å²) in [5.74, 6) is -0.0825. The van der Waals surface area contributed by atoms with Crippen LogP contribution in [0.15, 0.2) is 24.3 Å². The maximum absolute atomic E-state index is 13.6. The van der Waals surface area contributed by atoms with E-state index < -0.39 is 0 Å². The van der Waals surface area contributed by atoms with Gasteiger partial charge in [-0.3, -0.25) is 0 Å². The number of benzene rings is 1. The Morgan fingerprint density at radius 2 is 1.81 bits per heavy atom. The molecule has 1 fully saturated rings. The first-order valence-electron chi connectivity index (χ1n) is 6.19. The van der Waals surface area contributed by atoms with Crippen LogP contribution in [-0.2, 0) is 6.42 Å². The van der Waals surface area contributed by atoms with Gasteiger partial charge in [-0.05, 0) is 42.9 Å². The molecule has 1 aliphatic carbocycles. The molecule has 16 heavy (non-hydrogen) atoms. The molecule has 0 aromatic heterocycles. The van der Waals surface area contributed by atoms with Gasteiger partial charge in [-0.15, -0.1) is 0 Å². The maximum Gasteiger partial charge on any atom is 0.126 e. The molecule has 2 rings (SSSR count). The molecule has 0 bridgehead atoms. The summed E-state index contributed by atoms with van der Waals surface area (Å²) < 4.78 is 13.6. The van der Waals surface area contributed by atoms with Crippen molar-refractivity contribution in [3.05, 3.63) is 35.6 Å². The SMILES string of the molecule is NCC1(Cc2ccccc2F)CCCCC1. The Balaban J connectivity index is 2.15. The van der Waals surface area contributed by atoms with Crippen molar-refractivity contribution in [3.63, 3.8) is 0 Å². The number of hydrogen-bond acceptors (Lipinski definition) is 1. The largest absolute Gasteiger partial charge is 0.330 e. The Labute approximate surface area is 96.9 Å². The van der Waals surface area contributed by atoms with Crippen LogP contribution in [-0.4, -0.2) is 6.54 Å². The van der Waals surface area contributed by atoms with Crippen LogP contribution in [0.4, 0.5) is 4.39 Å². The molecule has 88 valence electrons. The highest BCUT2D eigenvalue weighted by atomic mass is 19.1. The van der Waals surface area contributed by atoms with Crippen LogP contribution in [0.25, 0.3) is 0 Å². The minimum atomic E-state index is -0.0825. The molecule has 0 aliphatic heterocycles. The Hall–Kier alpha value is -0.890. The fourth-order valence-electron chi connectivity index (χ4n) is 2.80. The second-order valence-corrected chi connectivity index (χ2v) is 5.03. The van der Waals surface area contributed by atoms with Crippen molar-refractivity contribution >= 4 is 0 Å². The highest BCUT2D eigenvalue weighted by molar-refractivity contribution is 5.19. The molecule has 0 radical (unpaired) electrons. The average molecular weight is 221 g/mol. The number of halogens is 1. The van der Waals surface area contributed by atoms with E-state index in [4.69, 9.17) is 5.73 Å². The fraction of sp³-hybridized carbons (Fsp3) is 0.571. The van der Waals surface area contributed by atoms with Gasteiger partial charge in [0, 0.05) is 0 Å². The zero-order chi connectivity index (χ0) is 11.4. The molecule has 1 aliphatic rings. The van der Waals surface area contributed by atoms with Gasteiger partial charge in [0.25, 0.3) is 0 Å². The van der Waals surface area contributed by atoms with Gasteiger partial charge in [0.1, 0.15) is 5.82 Å². The second-order valence-electron chi connectivity index (χ2n) is 5.03. The van der Waals surface area contributed by atoms with Gasteiger partial charge < -0.3 is 5.73 Å². The molecule has 0 unspecified atom stereocenters. The van der Waals surface area contributed by atoms with Crippen LogP contribution in [0.1, 0.15) is 37.7 Å². The van der Waals surface area contributed by atoms with Crippen molar-refractivity contribution in [2.24, 2.45) is 11.1 Å². The van der Waals surface area contributed by atoms with Gasteiger partial charge in [0.2, 0.25) is 0 Å². The van der Waals surface area contributed by atoms with E-state index in [9.17, 15) is 4.39 Å². The van der Waals surface area contributed by atoms with Crippen molar-refractivity contribution in [1.29, 1.82) is 0 Å². The quantitative estimate of drug-likeness (QED) is 0.832. The van der Waals surface area contributed by atoms with E-state index in [1.165, 1.54) is 19.3 Å². The second kappa shape index (κ2) is 4.96. The third kappa shape index (κ3) is 2.43. The summed E-state index contributed by atoms with van der Waals surface area (Å²) in [6.45, 7) is 0.682. The van der Waals surface area contributed by atoms with Gasteiger partial charge in [0.15, 0.2) is 0 Å². The molecule has 1 aromatic rings.